The summed E-state index contributed by atoms with van der Waals surface area (Å²) in [5, 5.41) is 3.81. The van der Waals surface area contributed by atoms with Gasteiger partial charge in [0.1, 0.15) is 7.05 Å². The van der Waals surface area contributed by atoms with Crippen LogP contribution in [0.15, 0.2) is 34.4 Å². The zero-order valence-electron chi connectivity index (χ0n) is 13.2. The quantitative estimate of drug-likeness (QED) is 0.607. The summed E-state index contributed by atoms with van der Waals surface area (Å²) in [6.07, 6.45) is 1.74. The third kappa shape index (κ3) is 4.06. The van der Waals surface area contributed by atoms with Gasteiger partial charge in [0.25, 0.3) is 5.17 Å². The van der Waals surface area contributed by atoms with Crippen LogP contribution < -0.4 is 10.1 Å². The zero-order chi connectivity index (χ0) is 17.0. The molecule has 1 unspecified atom stereocenters. The van der Waals surface area contributed by atoms with E-state index in [1.54, 1.807) is 20.1 Å². The van der Waals surface area contributed by atoms with E-state index < -0.39 is 5.92 Å². The SMILES string of the molecule is CCOC(=O)C1C[N+](C)=C(Cl)C=C1Nc1cccc(Br)c1OC. The minimum absolute atomic E-state index is 0.281. The van der Waals surface area contributed by atoms with Crippen LogP contribution in [0.5, 0.6) is 5.75 Å². The van der Waals surface area contributed by atoms with Crippen molar-refractivity contribution in [2.45, 2.75) is 6.92 Å². The van der Waals surface area contributed by atoms with E-state index >= 15 is 0 Å². The Morgan fingerprint density at radius 1 is 1.52 bits per heavy atom. The summed E-state index contributed by atoms with van der Waals surface area (Å²) in [5.41, 5.74) is 1.43. The molecule has 124 valence electrons. The summed E-state index contributed by atoms with van der Waals surface area (Å²) < 4.78 is 13.2. The largest absolute Gasteiger partial charge is 0.493 e. The van der Waals surface area contributed by atoms with Crippen molar-refractivity contribution in [3.8, 4) is 5.75 Å². The van der Waals surface area contributed by atoms with Crippen molar-refractivity contribution in [3.05, 3.63) is 34.4 Å². The average molecular weight is 403 g/mol. The number of methoxy groups -OCH3 is 1. The standard InChI is InChI=1S/C16H18BrClN2O3/c1-4-23-16(21)10-9-20(2)14(18)8-13(10)19-12-7-5-6-11(17)15(12)22-3/h5-8,10H,4,9H2,1-3H3/p+1. The van der Waals surface area contributed by atoms with Crippen molar-refractivity contribution in [1.82, 2.24) is 0 Å². The molecule has 1 aliphatic heterocycles. The molecule has 5 nitrogen and oxygen atoms in total. The second kappa shape index (κ2) is 7.84. The van der Waals surface area contributed by atoms with Crippen molar-refractivity contribution in [2.75, 3.05) is 32.6 Å². The van der Waals surface area contributed by atoms with E-state index in [1.165, 1.54) is 0 Å². The summed E-state index contributed by atoms with van der Waals surface area (Å²) in [6, 6.07) is 5.64. The van der Waals surface area contributed by atoms with Crippen LogP contribution in [-0.4, -0.2) is 43.0 Å². The first kappa shape index (κ1) is 17.8. The number of para-hydroxylation sites is 1. The molecule has 1 N–H and O–H groups in total. The van der Waals surface area contributed by atoms with Crippen LogP contribution >= 0.6 is 27.5 Å². The number of hydrogen-bond donors (Lipinski definition) is 1. The van der Waals surface area contributed by atoms with Crippen molar-refractivity contribution in [1.29, 1.82) is 0 Å². The van der Waals surface area contributed by atoms with E-state index in [9.17, 15) is 4.79 Å². The first-order chi connectivity index (χ1) is 11.0. The van der Waals surface area contributed by atoms with E-state index in [0.717, 1.165) is 10.2 Å². The number of esters is 1. The molecule has 0 fully saturated rings. The Kier molecular flexibility index (Phi) is 6.07. The molecule has 0 saturated heterocycles. The molecule has 1 atom stereocenters. The lowest BCUT2D eigenvalue weighted by Crippen LogP contribution is -2.35. The van der Waals surface area contributed by atoms with Crippen LogP contribution in [0.1, 0.15) is 6.92 Å². The van der Waals surface area contributed by atoms with Crippen LogP contribution in [-0.2, 0) is 9.53 Å². The zero-order valence-corrected chi connectivity index (χ0v) is 15.6. The van der Waals surface area contributed by atoms with Crippen LogP contribution in [0, 0.1) is 5.92 Å². The Labute approximate surface area is 149 Å². The second-order valence-electron chi connectivity index (χ2n) is 5.05. The van der Waals surface area contributed by atoms with Crippen LogP contribution in [0.25, 0.3) is 0 Å². The number of nitrogens with one attached hydrogen (secondary N) is 1. The minimum Gasteiger partial charge on any atom is -0.493 e. The van der Waals surface area contributed by atoms with Gasteiger partial charge >= 0.3 is 5.97 Å². The summed E-state index contributed by atoms with van der Waals surface area (Å²) in [5.74, 6) is -0.0616. The predicted octanol–water partition coefficient (Wildman–Crippen LogP) is 3.23. The lowest BCUT2D eigenvalue weighted by Gasteiger charge is -2.22. The average Bonchev–Trinajstić information content (AvgIpc) is 2.51. The van der Waals surface area contributed by atoms with Crippen molar-refractivity contribution in [2.24, 2.45) is 5.92 Å². The number of benzene rings is 1. The van der Waals surface area contributed by atoms with Gasteiger partial charge in [-0.05, 0) is 46.6 Å². The van der Waals surface area contributed by atoms with E-state index in [4.69, 9.17) is 21.1 Å². The van der Waals surface area contributed by atoms with E-state index in [0.29, 0.717) is 29.8 Å². The smallest absolute Gasteiger partial charge is 0.321 e. The lowest BCUT2D eigenvalue weighted by molar-refractivity contribution is -0.500. The third-order valence-electron chi connectivity index (χ3n) is 3.49. The second-order valence-corrected chi connectivity index (χ2v) is 6.29. The van der Waals surface area contributed by atoms with Crippen molar-refractivity contribution < 1.29 is 18.8 Å². The van der Waals surface area contributed by atoms with Gasteiger partial charge in [0, 0.05) is 11.8 Å². The summed E-state index contributed by atoms with van der Waals surface area (Å²) >= 11 is 9.66. The Morgan fingerprint density at radius 2 is 2.26 bits per heavy atom. The summed E-state index contributed by atoms with van der Waals surface area (Å²) in [7, 11) is 3.43. The summed E-state index contributed by atoms with van der Waals surface area (Å²) in [6.45, 7) is 2.58. The van der Waals surface area contributed by atoms with E-state index in [-0.39, 0.29) is 5.97 Å². The Balaban J connectivity index is 2.36. The molecule has 0 aliphatic carbocycles. The highest BCUT2D eigenvalue weighted by Gasteiger charge is 2.33. The highest BCUT2D eigenvalue weighted by atomic mass is 79.9. The normalized spacial score (nSPS) is 17.6. The third-order valence-corrected chi connectivity index (χ3v) is 4.51. The van der Waals surface area contributed by atoms with Crippen LogP contribution in [0.3, 0.4) is 0 Å². The number of nitrogens with zero attached hydrogens (tertiary/aromatic N) is 1. The van der Waals surface area contributed by atoms with Crippen molar-refractivity contribution >= 4 is 44.4 Å². The molecular weight excluding hydrogens is 384 g/mol. The number of allylic oxidation sites excluding steroid dienone is 1. The maximum absolute atomic E-state index is 12.2. The molecule has 2 rings (SSSR count). The first-order valence-corrected chi connectivity index (χ1v) is 8.36. The molecular formula is C16H19BrClN2O3+. The molecule has 1 aromatic carbocycles. The monoisotopic (exact) mass is 401 g/mol. The maximum atomic E-state index is 12.2. The van der Waals surface area contributed by atoms with Crippen LogP contribution in [0.4, 0.5) is 5.69 Å². The molecule has 0 amide bonds. The maximum Gasteiger partial charge on any atom is 0.321 e. The molecule has 1 heterocycles. The molecule has 0 aromatic heterocycles. The van der Waals surface area contributed by atoms with Gasteiger partial charge in [0.2, 0.25) is 0 Å². The van der Waals surface area contributed by atoms with Gasteiger partial charge in [0.15, 0.2) is 18.2 Å². The molecule has 0 spiro atoms. The van der Waals surface area contributed by atoms with E-state index in [2.05, 4.69) is 21.2 Å². The number of carbonyl (C=O) groups is 1. The highest BCUT2D eigenvalue weighted by molar-refractivity contribution is 9.10. The topological polar surface area (TPSA) is 50.6 Å². The highest BCUT2D eigenvalue weighted by Crippen LogP contribution is 2.34. The van der Waals surface area contributed by atoms with Gasteiger partial charge in [-0.3, -0.25) is 4.79 Å². The first-order valence-electron chi connectivity index (χ1n) is 7.19. The van der Waals surface area contributed by atoms with E-state index in [1.807, 2.05) is 29.8 Å². The molecule has 0 saturated carbocycles. The Bertz CT molecular complexity index is 673. The fourth-order valence-electron chi connectivity index (χ4n) is 2.34. The van der Waals surface area contributed by atoms with Gasteiger partial charge in [-0.25, -0.2) is 4.58 Å². The lowest BCUT2D eigenvalue weighted by atomic mass is 10.0. The molecule has 1 aromatic rings. The van der Waals surface area contributed by atoms with Crippen LogP contribution in [0.2, 0.25) is 0 Å². The minimum atomic E-state index is -0.439. The van der Waals surface area contributed by atoms with Gasteiger partial charge in [-0.15, -0.1) is 0 Å². The number of ether oxygens (including phenoxy) is 2. The summed E-state index contributed by atoms with van der Waals surface area (Å²) in [4.78, 5) is 12.2. The number of carbonyl (C=O) groups excluding carboxylic acids is 1. The molecule has 0 radical (unpaired) electrons. The molecule has 0 bridgehead atoms. The van der Waals surface area contributed by atoms with Gasteiger partial charge < -0.3 is 14.8 Å². The molecule has 1 aliphatic rings. The fourth-order valence-corrected chi connectivity index (χ4v) is 3.05. The molecule has 23 heavy (non-hydrogen) atoms. The van der Waals surface area contributed by atoms with Gasteiger partial charge in [-0.1, -0.05) is 6.07 Å². The van der Waals surface area contributed by atoms with Gasteiger partial charge in [-0.2, -0.15) is 0 Å². The number of rotatable bonds is 5. The fraction of sp³-hybridized carbons (Fsp3) is 0.375. The predicted molar refractivity (Wildman–Crippen MR) is 94.4 cm³/mol. The number of halogens is 2. The number of hydrogen-bond acceptors (Lipinski definition) is 4. The van der Waals surface area contributed by atoms with Crippen molar-refractivity contribution in [3.63, 3.8) is 0 Å². The molecule has 7 heteroatoms. The number of anilines is 1. The Hall–Kier alpha value is -1.53. The van der Waals surface area contributed by atoms with Gasteiger partial charge in [0.05, 0.1) is 23.9 Å². The Morgan fingerprint density at radius 3 is 2.91 bits per heavy atom.